The van der Waals surface area contributed by atoms with Gasteiger partial charge in [-0.3, -0.25) is 0 Å². The van der Waals surface area contributed by atoms with Crippen molar-refractivity contribution >= 4 is 29.6 Å². The predicted octanol–water partition coefficient (Wildman–Crippen LogP) is 0.433. The van der Waals surface area contributed by atoms with E-state index in [9.17, 15) is 0 Å². The van der Waals surface area contributed by atoms with Gasteiger partial charge in [0.2, 0.25) is 0 Å². The van der Waals surface area contributed by atoms with Crippen molar-refractivity contribution in [2.45, 2.75) is 12.8 Å². The summed E-state index contributed by atoms with van der Waals surface area (Å²) in [4.78, 5) is 0. The van der Waals surface area contributed by atoms with E-state index in [0.717, 1.165) is 0 Å². The summed E-state index contributed by atoms with van der Waals surface area (Å²) >= 11 is 0. The van der Waals surface area contributed by atoms with E-state index in [-0.39, 0.29) is 29.6 Å². The van der Waals surface area contributed by atoms with E-state index in [1.807, 2.05) is 12.1 Å². The second-order valence-corrected chi connectivity index (χ2v) is 0.816. The Morgan fingerprint density at radius 3 is 1.43 bits per heavy atom. The van der Waals surface area contributed by atoms with Crippen LogP contribution < -0.4 is 0 Å². The van der Waals surface area contributed by atoms with Gasteiger partial charge in [-0.15, -0.1) is 0 Å². The fraction of sp³-hybridized carbons (Fsp3) is 0.500. The van der Waals surface area contributed by atoms with Gasteiger partial charge >= 0.3 is 0 Å². The topological polar surface area (TPSA) is 47.6 Å². The Bertz CT molecular complexity index is 83.2. The van der Waals surface area contributed by atoms with Gasteiger partial charge in [0, 0.05) is 42.4 Å². The summed E-state index contributed by atoms with van der Waals surface area (Å²) in [6, 6.07) is 3.69. The van der Waals surface area contributed by atoms with Crippen LogP contribution in [0.25, 0.3) is 0 Å². The fourth-order valence-electron chi connectivity index (χ4n) is 0.112. The molecule has 0 saturated carbocycles. The van der Waals surface area contributed by atoms with Crippen molar-refractivity contribution in [3.63, 3.8) is 0 Å². The second kappa shape index (κ2) is 9.36. The molecule has 0 bridgehead atoms. The van der Waals surface area contributed by atoms with Crippen LogP contribution in [0, 0.1) is 22.7 Å². The van der Waals surface area contributed by atoms with Crippen LogP contribution in [0.2, 0.25) is 0 Å². The van der Waals surface area contributed by atoms with Crippen molar-refractivity contribution in [1.29, 1.82) is 10.5 Å². The summed E-state index contributed by atoms with van der Waals surface area (Å²) in [5, 5.41) is 15.6. The summed E-state index contributed by atoms with van der Waals surface area (Å²) in [5.74, 6) is 0. The molecule has 0 aliphatic rings. The summed E-state index contributed by atoms with van der Waals surface area (Å²) in [6.45, 7) is 0. The Balaban J connectivity index is 0. The van der Waals surface area contributed by atoms with Gasteiger partial charge in [0.1, 0.15) is 0 Å². The molecule has 0 rings (SSSR count). The van der Waals surface area contributed by atoms with Gasteiger partial charge in [-0.2, -0.15) is 10.5 Å². The molecule has 3 heteroatoms. The van der Waals surface area contributed by atoms with Crippen molar-refractivity contribution < 1.29 is 0 Å². The van der Waals surface area contributed by atoms with E-state index in [0.29, 0.717) is 12.8 Å². The minimum atomic E-state index is 0. The van der Waals surface area contributed by atoms with Gasteiger partial charge in [-0.25, -0.2) is 0 Å². The number of nitrogens with zero attached hydrogens (tertiary/aromatic N) is 2. The first-order valence-corrected chi connectivity index (χ1v) is 1.65. The normalized spacial score (nSPS) is 4.86. The third kappa shape index (κ3) is 10.7. The van der Waals surface area contributed by atoms with E-state index in [4.69, 9.17) is 10.5 Å². The Morgan fingerprint density at radius 2 is 1.29 bits per heavy atom. The summed E-state index contributed by atoms with van der Waals surface area (Å²) in [6.07, 6.45) is 0.715. The van der Waals surface area contributed by atoms with Gasteiger partial charge in [-0.1, -0.05) is 0 Å². The van der Waals surface area contributed by atoms with E-state index in [2.05, 4.69) is 0 Å². The molecule has 0 spiro atoms. The smallest absolute Gasteiger partial charge is 0.0632 e. The Labute approximate surface area is 65.0 Å². The molecule has 0 fully saturated rings. The molecule has 0 atom stereocenters. The monoisotopic (exact) mass is 103 g/mol. The average Bonchev–Trinajstić information content (AvgIpc) is 1.61. The zero-order valence-corrected chi connectivity index (χ0v) is 6.31. The van der Waals surface area contributed by atoms with Crippen LogP contribution >= 0.6 is 0 Å². The zero-order valence-electron chi connectivity index (χ0n) is 4.31. The van der Waals surface area contributed by atoms with Crippen LogP contribution in [0.3, 0.4) is 0 Å². The van der Waals surface area contributed by atoms with Crippen molar-refractivity contribution in [3.05, 3.63) is 0 Å². The van der Waals surface area contributed by atoms with Crippen LogP contribution in [0.5, 0.6) is 0 Å². The molecule has 0 amide bonds. The van der Waals surface area contributed by atoms with Crippen LogP contribution in [0.1, 0.15) is 12.8 Å². The van der Waals surface area contributed by atoms with E-state index >= 15 is 0 Å². The number of unbranched alkanes of at least 4 members (excludes halogenated alkanes) is 1. The molecule has 0 N–H and O–H groups in total. The predicted molar refractivity (Wildman–Crippen MR) is 26.2 cm³/mol. The average molecular weight is 103 g/mol. The maximum absolute atomic E-state index is 7.80. The van der Waals surface area contributed by atoms with Crippen molar-refractivity contribution in [3.8, 4) is 12.1 Å². The molecule has 2 nitrogen and oxygen atoms in total. The van der Waals surface area contributed by atoms with Gasteiger partial charge in [0.05, 0.1) is 12.1 Å². The van der Waals surface area contributed by atoms with Gasteiger partial charge < -0.3 is 0 Å². The van der Waals surface area contributed by atoms with Crippen molar-refractivity contribution in [1.82, 2.24) is 0 Å². The molecule has 0 aromatic carbocycles. The molecule has 31 valence electrons. The van der Waals surface area contributed by atoms with Crippen LogP contribution in [-0.2, 0) is 0 Å². The molecule has 0 aliphatic carbocycles. The molecule has 0 aliphatic heterocycles. The molecule has 0 saturated heterocycles. The van der Waals surface area contributed by atoms with Crippen molar-refractivity contribution in [2.75, 3.05) is 0 Å². The molecular formula is C4H4N2Na. The van der Waals surface area contributed by atoms with Crippen LogP contribution in [-0.4, -0.2) is 29.6 Å². The Morgan fingerprint density at radius 1 is 1.00 bits per heavy atom. The minimum absolute atomic E-state index is 0. The Kier molecular flexibility index (Phi) is 13.5. The minimum Gasteiger partial charge on any atom is -0.198 e. The first-order valence-electron chi connectivity index (χ1n) is 1.65. The number of hydrogen-bond donors (Lipinski definition) is 0. The van der Waals surface area contributed by atoms with Crippen LogP contribution in [0.15, 0.2) is 0 Å². The van der Waals surface area contributed by atoms with E-state index in [1.165, 1.54) is 0 Å². The summed E-state index contributed by atoms with van der Waals surface area (Å²) < 4.78 is 0. The molecule has 0 heterocycles. The van der Waals surface area contributed by atoms with Gasteiger partial charge in [-0.05, 0) is 0 Å². The third-order valence-electron chi connectivity index (χ3n) is 0.349. The maximum atomic E-state index is 7.80. The second-order valence-electron chi connectivity index (χ2n) is 0.816. The molecule has 0 unspecified atom stereocenters. The molecular weight excluding hydrogens is 99.0 g/mol. The number of hydrogen-bond acceptors (Lipinski definition) is 2. The van der Waals surface area contributed by atoms with E-state index in [1.54, 1.807) is 0 Å². The zero-order chi connectivity index (χ0) is 4.83. The fourth-order valence-corrected chi connectivity index (χ4v) is 0.112. The van der Waals surface area contributed by atoms with Crippen molar-refractivity contribution in [2.24, 2.45) is 0 Å². The van der Waals surface area contributed by atoms with Gasteiger partial charge in [0.15, 0.2) is 0 Å². The third-order valence-corrected chi connectivity index (χ3v) is 0.349. The SMILES string of the molecule is N#CCCC#N.[Na]. The van der Waals surface area contributed by atoms with Crippen LogP contribution in [0.4, 0.5) is 0 Å². The quantitative estimate of drug-likeness (QED) is 0.357. The summed E-state index contributed by atoms with van der Waals surface area (Å²) in [7, 11) is 0. The maximum Gasteiger partial charge on any atom is 0.0632 e. The van der Waals surface area contributed by atoms with E-state index < -0.39 is 0 Å². The summed E-state index contributed by atoms with van der Waals surface area (Å²) in [5.41, 5.74) is 0. The Hall–Kier alpha value is -0.0200. The number of rotatable bonds is 1. The van der Waals surface area contributed by atoms with Gasteiger partial charge in [0.25, 0.3) is 0 Å². The molecule has 7 heavy (non-hydrogen) atoms. The number of nitriles is 2. The largest absolute Gasteiger partial charge is 0.198 e. The molecule has 1 radical (unpaired) electrons. The first kappa shape index (κ1) is 10.1. The molecule has 0 aromatic heterocycles. The first-order chi connectivity index (χ1) is 2.91. The molecule has 0 aromatic rings. The standard InChI is InChI=1S/C4H4N2.Na/c5-3-1-2-4-6;/h1-2H2;.